The molecule has 0 saturated carbocycles. The van der Waals surface area contributed by atoms with Gasteiger partial charge in [0, 0.05) is 24.5 Å². The van der Waals surface area contributed by atoms with Crippen LogP contribution in [-0.2, 0) is 32.6 Å². The number of rotatable bonds is 13. The summed E-state index contributed by atoms with van der Waals surface area (Å²) in [7, 11) is -4.16. The Labute approximate surface area is 271 Å². The minimum atomic E-state index is -4.16. The van der Waals surface area contributed by atoms with Crippen LogP contribution < -0.4 is 9.62 Å². The van der Waals surface area contributed by atoms with Crippen molar-refractivity contribution in [1.82, 2.24) is 10.2 Å². The molecule has 9 heteroatoms. The van der Waals surface area contributed by atoms with Crippen LogP contribution in [0.25, 0.3) is 0 Å². The molecule has 0 unspecified atom stereocenters. The van der Waals surface area contributed by atoms with Gasteiger partial charge >= 0.3 is 0 Å². The fourth-order valence-electron chi connectivity index (χ4n) is 5.05. The van der Waals surface area contributed by atoms with Crippen LogP contribution in [0.3, 0.4) is 0 Å². The first kappa shape index (κ1) is 33.7. The molecule has 4 aromatic carbocycles. The zero-order valence-electron chi connectivity index (χ0n) is 26.1. The molecule has 0 fully saturated rings. The molecule has 7 nitrogen and oxygen atoms in total. The highest BCUT2D eigenvalue weighted by atomic mass is 35.5. The smallest absolute Gasteiger partial charge is 0.264 e. The van der Waals surface area contributed by atoms with Gasteiger partial charge in [0.15, 0.2) is 0 Å². The molecule has 4 rings (SSSR count). The predicted molar refractivity (Wildman–Crippen MR) is 181 cm³/mol. The lowest BCUT2D eigenvalue weighted by molar-refractivity contribution is -0.140. The van der Waals surface area contributed by atoms with Gasteiger partial charge < -0.3 is 10.2 Å². The number of hydrogen-bond donors (Lipinski definition) is 1. The summed E-state index contributed by atoms with van der Waals surface area (Å²) in [6, 6.07) is 29.1. The first-order valence-corrected chi connectivity index (χ1v) is 16.8. The van der Waals surface area contributed by atoms with E-state index in [4.69, 9.17) is 11.6 Å². The summed E-state index contributed by atoms with van der Waals surface area (Å²) in [6.45, 7) is 7.71. The monoisotopic (exact) mass is 645 g/mol. The summed E-state index contributed by atoms with van der Waals surface area (Å²) >= 11 is 6.32. The number of nitrogens with zero attached hydrogens (tertiary/aromatic N) is 2. The lowest BCUT2D eigenvalue weighted by Gasteiger charge is -2.34. The molecule has 0 radical (unpaired) electrons. The molecule has 0 aliphatic rings. The van der Waals surface area contributed by atoms with Gasteiger partial charge in [0.2, 0.25) is 11.8 Å². The Bertz CT molecular complexity index is 1710. The number of nitrogens with one attached hydrogen (secondary N) is 1. The molecule has 4 aromatic rings. The average Bonchev–Trinajstić information content (AvgIpc) is 3.02. The molecular weight excluding hydrogens is 606 g/mol. The molecule has 0 aliphatic carbocycles. The lowest BCUT2D eigenvalue weighted by Crippen LogP contribution is -2.53. The topological polar surface area (TPSA) is 86.8 Å². The van der Waals surface area contributed by atoms with E-state index in [0.717, 1.165) is 26.6 Å². The van der Waals surface area contributed by atoms with E-state index < -0.39 is 28.5 Å². The lowest BCUT2D eigenvalue weighted by atomic mass is 10.0. The Morgan fingerprint density at radius 2 is 1.44 bits per heavy atom. The van der Waals surface area contributed by atoms with Gasteiger partial charge in [0.25, 0.3) is 10.0 Å². The maximum Gasteiger partial charge on any atom is 0.264 e. The van der Waals surface area contributed by atoms with Crippen LogP contribution in [-0.4, -0.2) is 44.3 Å². The van der Waals surface area contributed by atoms with E-state index in [0.29, 0.717) is 17.3 Å². The number of sulfonamides is 1. The number of anilines is 1. The van der Waals surface area contributed by atoms with Crippen molar-refractivity contribution < 1.29 is 18.0 Å². The van der Waals surface area contributed by atoms with Gasteiger partial charge in [-0.15, -0.1) is 0 Å². The van der Waals surface area contributed by atoms with Crippen molar-refractivity contribution >= 4 is 39.1 Å². The van der Waals surface area contributed by atoms with Crippen molar-refractivity contribution in [3.8, 4) is 0 Å². The van der Waals surface area contributed by atoms with Crippen LogP contribution in [0.2, 0.25) is 5.02 Å². The Morgan fingerprint density at radius 1 is 0.822 bits per heavy atom. The Balaban J connectivity index is 1.82. The van der Waals surface area contributed by atoms with Gasteiger partial charge in [-0.05, 0) is 72.4 Å². The minimum Gasteiger partial charge on any atom is -0.354 e. The van der Waals surface area contributed by atoms with Gasteiger partial charge in [0.1, 0.15) is 12.6 Å². The summed E-state index contributed by atoms with van der Waals surface area (Å²) in [4.78, 5) is 30.0. The molecule has 1 N–H and O–H groups in total. The molecular formula is C36H40ClN3O4S. The summed E-state index contributed by atoms with van der Waals surface area (Å²) in [5.41, 5.74) is 3.61. The standard InChI is InChI=1S/C36H40ClN3O4S/c1-26(2)23-38-36(42)34(22-29-14-7-5-8-15-29)39(24-30-16-12-17-31(37)21-30)35(41)25-40(33-20-11-13-27(3)28(33)4)45(43,44)32-18-9-6-10-19-32/h5-21,26,34H,22-25H2,1-4H3,(H,38,42)/t34-/m1/s1. The average molecular weight is 646 g/mol. The first-order chi connectivity index (χ1) is 21.5. The second-order valence-electron chi connectivity index (χ2n) is 11.5. The number of halogens is 1. The third-order valence-electron chi connectivity index (χ3n) is 7.65. The largest absolute Gasteiger partial charge is 0.354 e. The Hall–Kier alpha value is -4.14. The Kier molecular flexibility index (Phi) is 11.4. The van der Waals surface area contributed by atoms with Crippen molar-refractivity contribution in [3.05, 3.63) is 130 Å². The van der Waals surface area contributed by atoms with Gasteiger partial charge in [-0.25, -0.2) is 8.42 Å². The number of benzene rings is 4. The SMILES string of the molecule is Cc1cccc(N(CC(=O)N(Cc2cccc(Cl)c2)[C@H](Cc2ccccc2)C(=O)NCC(C)C)S(=O)(=O)c2ccccc2)c1C. The van der Waals surface area contributed by atoms with Crippen molar-refractivity contribution in [3.63, 3.8) is 0 Å². The second-order valence-corrected chi connectivity index (χ2v) is 13.8. The maximum atomic E-state index is 14.6. The normalized spacial score (nSPS) is 12.0. The van der Waals surface area contributed by atoms with Gasteiger partial charge in [-0.3, -0.25) is 13.9 Å². The van der Waals surface area contributed by atoms with Gasteiger partial charge in [0.05, 0.1) is 10.6 Å². The highest BCUT2D eigenvalue weighted by Gasteiger charge is 2.35. The van der Waals surface area contributed by atoms with E-state index in [9.17, 15) is 18.0 Å². The van der Waals surface area contributed by atoms with Crippen LogP contribution in [0.4, 0.5) is 5.69 Å². The molecule has 1 atom stereocenters. The summed E-state index contributed by atoms with van der Waals surface area (Å²) in [5.74, 6) is -0.637. The first-order valence-electron chi connectivity index (χ1n) is 15.0. The molecule has 0 heterocycles. The minimum absolute atomic E-state index is 0.0536. The van der Waals surface area contributed by atoms with Crippen molar-refractivity contribution in [2.45, 2.75) is 51.6 Å². The Morgan fingerprint density at radius 3 is 2.09 bits per heavy atom. The third-order valence-corrected chi connectivity index (χ3v) is 9.66. The number of aryl methyl sites for hydroxylation is 1. The fraction of sp³-hybridized carbons (Fsp3) is 0.278. The van der Waals surface area contributed by atoms with E-state index in [1.54, 1.807) is 48.5 Å². The predicted octanol–water partition coefficient (Wildman–Crippen LogP) is 6.56. The number of carbonyl (C=O) groups excluding carboxylic acids is 2. The van der Waals surface area contributed by atoms with Crippen LogP contribution in [0, 0.1) is 19.8 Å². The third kappa shape index (κ3) is 8.74. The molecule has 0 aromatic heterocycles. The summed E-state index contributed by atoms with van der Waals surface area (Å²) in [6.07, 6.45) is 0.242. The van der Waals surface area contributed by atoms with Crippen molar-refractivity contribution in [2.75, 3.05) is 17.4 Å². The molecule has 0 aliphatic heterocycles. The highest BCUT2D eigenvalue weighted by Crippen LogP contribution is 2.29. The highest BCUT2D eigenvalue weighted by molar-refractivity contribution is 7.92. The zero-order chi connectivity index (χ0) is 32.6. The second kappa shape index (κ2) is 15.2. The van der Waals surface area contributed by atoms with E-state index in [2.05, 4.69) is 5.32 Å². The van der Waals surface area contributed by atoms with Gasteiger partial charge in [-0.2, -0.15) is 0 Å². The maximum absolute atomic E-state index is 14.6. The van der Waals surface area contributed by atoms with Crippen LogP contribution in [0.5, 0.6) is 0 Å². The summed E-state index contributed by atoms with van der Waals surface area (Å²) in [5, 5.41) is 3.49. The molecule has 2 amide bonds. The molecule has 0 saturated heterocycles. The van der Waals surface area contributed by atoms with Gasteiger partial charge in [-0.1, -0.05) is 98.2 Å². The molecule has 236 valence electrons. The molecule has 0 spiro atoms. The van der Waals surface area contributed by atoms with E-state index >= 15 is 0 Å². The number of amides is 2. The van der Waals surface area contributed by atoms with Crippen LogP contribution in [0.1, 0.15) is 36.1 Å². The van der Waals surface area contributed by atoms with Crippen molar-refractivity contribution in [1.29, 1.82) is 0 Å². The van der Waals surface area contributed by atoms with Crippen molar-refractivity contribution in [2.24, 2.45) is 5.92 Å². The fourth-order valence-corrected chi connectivity index (χ4v) is 6.75. The quantitative estimate of drug-likeness (QED) is 0.178. The van der Waals surface area contributed by atoms with Crippen LogP contribution in [0.15, 0.2) is 108 Å². The number of carbonyl (C=O) groups is 2. The van der Waals surface area contributed by atoms with E-state index in [1.807, 2.05) is 70.2 Å². The number of hydrogen-bond acceptors (Lipinski definition) is 4. The zero-order valence-corrected chi connectivity index (χ0v) is 27.7. The summed E-state index contributed by atoms with van der Waals surface area (Å²) < 4.78 is 29.5. The molecule has 0 bridgehead atoms. The van der Waals surface area contributed by atoms with E-state index in [1.165, 1.54) is 17.0 Å². The molecule has 45 heavy (non-hydrogen) atoms. The van der Waals surface area contributed by atoms with E-state index in [-0.39, 0.29) is 29.7 Å². The van der Waals surface area contributed by atoms with Crippen LogP contribution >= 0.6 is 11.6 Å².